The smallest absolute Gasteiger partial charge is 0.410 e. The molecule has 0 N–H and O–H groups in total. The lowest BCUT2D eigenvalue weighted by Crippen LogP contribution is -2.44. The maximum atomic E-state index is 13.0. The molecule has 170 valence electrons. The van der Waals surface area contributed by atoms with Gasteiger partial charge in [-0.05, 0) is 76.6 Å². The van der Waals surface area contributed by atoms with E-state index in [4.69, 9.17) is 9.72 Å². The van der Waals surface area contributed by atoms with Gasteiger partial charge in [0.15, 0.2) is 0 Å². The maximum Gasteiger partial charge on any atom is 0.410 e. The van der Waals surface area contributed by atoms with E-state index in [2.05, 4.69) is 44.0 Å². The standard InChI is InChI=1S/C25H37N3O2S/c1-16-7-9-21(28(14-16)24(29)30-25(3,4)5)18-8-10-22-20(12-18)26-23(31-22)19-11-17(2)13-27(6)15-19/h8,10,12,16-17,19,21H,7,9,11,13-15H2,1-6H3/t16-,17?,19?,21+/m0/s1. The zero-order valence-electron chi connectivity index (χ0n) is 19.9. The quantitative estimate of drug-likeness (QED) is 0.566. The van der Waals surface area contributed by atoms with Gasteiger partial charge in [-0.15, -0.1) is 11.3 Å². The number of likely N-dealkylation sites (tertiary alicyclic amines) is 2. The van der Waals surface area contributed by atoms with Gasteiger partial charge in [-0.25, -0.2) is 9.78 Å². The fourth-order valence-electron chi connectivity index (χ4n) is 5.16. The molecule has 6 heteroatoms. The highest BCUT2D eigenvalue weighted by molar-refractivity contribution is 7.18. The molecule has 0 spiro atoms. The van der Waals surface area contributed by atoms with E-state index in [1.54, 1.807) is 0 Å². The van der Waals surface area contributed by atoms with Gasteiger partial charge in [-0.3, -0.25) is 0 Å². The lowest BCUT2D eigenvalue weighted by atomic mass is 9.90. The Morgan fingerprint density at radius 3 is 2.61 bits per heavy atom. The average Bonchev–Trinajstić information content (AvgIpc) is 3.09. The van der Waals surface area contributed by atoms with Crippen molar-refractivity contribution in [1.29, 1.82) is 0 Å². The molecule has 4 atom stereocenters. The number of fused-ring (bicyclic) bond motifs is 1. The first-order chi connectivity index (χ1) is 14.6. The third kappa shape index (κ3) is 5.23. The second-order valence-corrected chi connectivity index (χ2v) is 11.9. The van der Waals surface area contributed by atoms with Crippen LogP contribution in [0.1, 0.15) is 76.4 Å². The predicted molar refractivity (Wildman–Crippen MR) is 128 cm³/mol. The van der Waals surface area contributed by atoms with Gasteiger partial charge < -0.3 is 14.5 Å². The van der Waals surface area contributed by atoms with Crippen molar-refractivity contribution < 1.29 is 9.53 Å². The Balaban J connectivity index is 1.59. The molecule has 2 saturated heterocycles. The summed E-state index contributed by atoms with van der Waals surface area (Å²) in [5.41, 5.74) is 1.76. The number of carbonyl (C=O) groups excluding carboxylic acids is 1. The van der Waals surface area contributed by atoms with E-state index in [1.165, 1.54) is 28.2 Å². The number of rotatable bonds is 2. The molecule has 2 aliphatic heterocycles. The molecule has 0 saturated carbocycles. The van der Waals surface area contributed by atoms with Crippen LogP contribution in [0.3, 0.4) is 0 Å². The second kappa shape index (κ2) is 8.70. The number of amides is 1. The van der Waals surface area contributed by atoms with E-state index < -0.39 is 5.60 Å². The first-order valence-corrected chi connectivity index (χ1v) is 12.5. The monoisotopic (exact) mass is 443 g/mol. The molecule has 1 amide bonds. The molecule has 3 heterocycles. The number of thiazole rings is 1. The van der Waals surface area contributed by atoms with Crippen molar-refractivity contribution in [2.45, 2.75) is 71.4 Å². The summed E-state index contributed by atoms with van der Waals surface area (Å²) >= 11 is 1.84. The molecule has 2 aromatic rings. The Bertz CT molecular complexity index is 924. The summed E-state index contributed by atoms with van der Waals surface area (Å²) in [6.07, 6.45) is 3.09. The van der Waals surface area contributed by atoms with Gasteiger partial charge in [0.25, 0.3) is 0 Å². The number of benzene rings is 1. The summed E-state index contributed by atoms with van der Waals surface area (Å²) in [4.78, 5) is 22.4. The number of hydrogen-bond acceptors (Lipinski definition) is 5. The van der Waals surface area contributed by atoms with Crippen LogP contribution in [0.25, 0.3) is 10.2 Å². The fraction of sp³-hybridized carbons (Fsp3) is 0.680. The molecule has 4 rings (SSSR count). The van der Waals surface area contributed by atoms with Gasteiger partial charge >= 0.3 is 6.09 Å². The predicted octanol–water partition coefficient (Wildman–Crippen LogP) is 6.06. The van der Waals surface area contributed by atoms with Gasteiger partial charge in [0, 0.05) is 25.6 Å². The van der Waals surface area contributed by atoms with Crippen LogP contribution in [-0.2, 0) is 4.74 Å². The number of likely N-dealkylation sites (N-methyl/N-ethyl adjacent to an activating group) is 1. The first-order valence-electron chi connectivity index (χ1n) is 11.7. The molecule has 31 heavy (non-hydrogen) atoms. The highest BCUT2D eigenvalue weighted by Crippen LogP contribution is 2.38. The largest absolute Gasteiger partial charge is 0.444 e. The number of nitrogens with zero attached hydrogens (tertiary/aromatic N) is 3. The molecule has 2 aliphatic rings. The lowest BCUT2D eigenvalue weighted by molar-refractivity contribution is 0.00365. The normalized spacial score (nSPS) is 28.1. The molecular formula is C25H37N3O2S. The van der Waals surface area contributed by atoms with Crippen LogP contribution >= 0.6 is 11.3 Å². The molecule has 1 aromatic heterocycles. The molecule has 1 aromatic carbocycles. The van der Waals surface area contributed by atoms with Gasteiger partial charge in [-0.1, -0.05) is 19.9 Å². The van der Waals surface area contributed by atoms with Crippen LogP contribution < -0.4 is 0 Å². The highest BCUT2D eigenvalue weighted by atomic mass is 32.1. The Labute approximate surface area is 190 Å². The van der Waals surface area contributed by atoms with E-state index >= 15 is 0 Å². The number of aromatic nitrogens is 1. The van der Waals surface area contributed by atoms with Crippen molar-refractivity contribution in [3.63, 3.8) is 0 Å². The molecule has 0 bridgehead atoms. The Morgan fingerprint density at radius 1 is 1.13 bits per heavy atom. The lowest BCUT2D eigenvalue weighted by Gasteiger charge is -2.39. The first kappa shape index (κ1) is 22.5. The van der Waals surface area contributed by atoms with Crippen LogP contribution in [0.5, 0.6) is 0 Å². The minimum atomic E-state index is -0.486. The van der Waals surface area contributed by atoms with E-state index in [1.807, 2.05) is 37.0 Å². The number of ether oxygens (including phenoxy) is 1. The van der Waals surface area contributed by atoms with E-state index in [-0.39, 0.29) is 12.1 Å². The minimum Gasteiger partial charge on any atom is -0.444 e. The molecule has 0 radical (unpaired) electrons. The van der Waals surface area contributed by atoms with Crippen molar-refractivity contribution in [1.82, 2.24) is 14.8 Å². The minimum absolute atomic E-state index is 0.0569. The molecule has 2 fully saturated rings. The fourth-order valence-corrected chi connectivity index (χ4v) is 6.21. The number of piperidine rings is 2. The maximum absolute atomic E-state index is 13.0. The van der Waals surface area contributed by atoms with Crippen molar-refractivity contribution in [2.75, 3.05) is 26.7 Å². The van der Waals surface area contributed by atoms with Crippen molar-refractivity contribution in [3.8, 4) is 0 Å². The molecular weight excluding hydrogens is 406 g/mol. The molecule has 5 nitrogen and oxygen atoms in total. The van der Waals surface area contributed by atoms with Crippen LogP contribution in [0.4, 0.5) is 4.79 Å². The summed E-state index contributed by atoms with van der Waals surface area (Å²) < 4.78 is 6.98. The summed E-state index contributed by atoms with van der Waals surface area (Å²) in [7, 11) is 2.21. The Hall–Kier alpha value is -1.66. The van der Waals surface area contributed by atoms with Crippen molar-refractivity contribution in [2.24, 2.45) is 11.8 Å². The summed E-state index contributed by atoms with van der Waals surface area (Å²) in [5.74, 6) is 1.71. The van der Waals surface area contributed by atoms with E-state index in [9.17, 15) is 4.79 Å². The van der Waals surface area contributed by atoms with Crippen LogP contribution in [0, 0.1) is 11.8 Å². The number of carbonyl (C=O) groups is 1. The molecule has 0 aliphatic carbocycles. The Kier molecular flexibility index (Phi) is 6.32. The highest BCUT2D eigenvalue weighted by Gasteiger charge is 2.34. The Morgan fingerprint density at radius 2 is 1.90 bits per heavy atom. The zero-order chi connectivity index (χ0) is 22.3. The third-order valence-corrected chi connectivity index (χ3v) is 7.65. The zero-order valence-corrected chi connectivity index (χ0v) is 20.7. The van der Waals surface area contributed by atoms with Crippen molar-refractivity contribution >= 4 is 27.6 Å². The van der Waals surface area contributed by atoms with Crippen LogP contribution in [-0.4, -0.2) is 53.2 Å². The van der Waals surface area contributed by atoms with Crippen molar-refractivity contribution in [3.05, 3.63) is 28.8 Å². The topological polar surface area (TPSA) is 45.7 Å². The van der Waals surface area contributed by atoms with Gasteiger partial charge in [0.2, 0.25) is 0 Å². The second-order valence-electron chi connectivity index (χ2n) is 10.9. The van der Waals surface area contributed by atoms with Crippen LogP contribution in [0.15, 0.2) is 18.2 Å². The summed E-state index contributed by atoms with van der Waals surface area (Å²) in [6, 6.07) is 6.66. The number of hydrogen-bond donors (Lipinski definition) is 0. The molecule has 2 unspecified atom stereocenters. The van der Waals surface area contributed by atoms with Gasteiger partial charge in [-0.2, -0.15) is 0 Å². The van der Waals surface area contributed by atoms with Crippen LogP contribution in [0.2, 0.25) is 0 Å². The van der Waals surface area contributed by atoms with E-state index in [0.29, 0.717) is 17.8 Å². The van der Waals surface area contributed by atoms with Gasteiger partial charge in [0.1, 0.15) is 5.60 Å². The summed E-state index contributed by atoms with van der Waals surface area (Å²) in [5, 5.41) is 1.26. The SMILES string of the molecule is CC1CC(c2nc3cc([C@H]4CC[C@H](C)CN4C(=O)OC(C)(C)C)ccc3s2)CN(C)C1. The third-order valence-electron chi connectivity index (χ3n) is 6.45. The summed E-state index contributed by atoms with van der Waals surface area (Å²) in [6.45, 7) is 13.3. The van der Waals surface area contributed by atoms with Gasteiger partial charge in [0.05, 0.1) is 21.3 Å². The van der Waals surface area contributed by atoms with E-state index in [0.717, 1.165) is 31.4 Å². The average molecular weight is 444 g/mol.